The molecule has 0 radical (unpaired) electrons. The largest absolute Gasteiger partial charge is 0.298 e. The van der Waals surface area contributed by atoms with Crippen LogP contribution in [0.2, 0.25) is 5.02 Å². The first-order valence-electron chi connectivity index (χ1n) is 6.24. The molecule has 0 bridgehead atoms. The molecule has 104 valence electrons. The van der Waals surface area contributed by atoms with Crippen molar-refractivity contribution in [3.8, 4) is 16.9 Å². The van der Waals surface area contributed by atoms with Gasteiger partial charge in [0.05, 0.1) is 11.3 Å². The van der Waals surface area contributed by atoms with Gasteiger partial charge in [0, 0.05) is 21.3 Å². The highest BCUT2D eigenvalue weighted by molar-refractivity contribution is 9.10. The molecule has 3 rings (SSSR count). The number of carbonyl (C=O) groups excluding carboxylic acids is 1. The molecule has 1 heterocycles. The van der Waals surface area contributed by atoms with Crippen LogP contribution in [0, 0.1) is 0 Å². The molecule has 5 heteroatoms. The average Bonchev–Trinajstić information content (AvgIpc) is 2.92. The molecular formula is C16H10BrClN2O. The smallest absolute Gasteiger partial charge is 0.153 e. The van der Waals surface area contributed by atoms with Crippen molar-refractivity contribution < 1.29 is 4.79 Å². The van der Waals surface area contributed by atoms with Crippen molar-refractivity contribution in [2.45, 2.75) is 0 Å². The van der Waals surface area contributed by atoms with Gasteiger partial charge in [0.15, 0.2) is 6.29 Å². The molecule has 0 spiro atoms. The Labute approximate surface area is 135 Å². The number of nitrogens with zero attached hydrogens (tertiary/aromatic N) is 2. The molecule has 0 saturated carbocycles. The number of benzene rings is 2. The van der Waals surface area contributed by atoms with Crippen LogP contribution < -0.4 is 0 Å². The molecule has 0 aliphatic rings. The van der Waals surface area contributed by atoms with Crippen molar-refractivity contribution in [2.24, 2.45) is 0 Å². The zero-order chi connectivity index (χ0) is 14.8. The van der Waals surface area contributed by atoms with Crippen molar-refractivity contribution in [3.63, 3.8) is 0 Å². The number of carbonyl (C=O) groups is 1. The van der Waals surface area contributed by atoms with E-state index in [0.29, 0.717) is 16.3 Å². The summed E-state index contributed by atoms with van der Waals surface area (Å²) < 4.78 is 2.65. The van der Waals surface area contributed by atoms with E-state index in [1.807, 2.05) is 36.4 Å². The number of aldehydes is 1. The van der Waals surface area contributed by atoms with Crippen molar-refractivity contribution in [2.75, 3.05) is 0 Å². The van der Waals surface area contributed by atoms with Gasteiger partial charge in [-0.3, -0.25) is 4.79 Å². The molecule has 0 fully saturated rings. The minimum Gasteiger partial charge on any atom is -0.298 e. The standard InChI is InChI=1S/C16H10BrClN2O/c17-13-2-1-3-15(8-13)20-9-12(10-21)16(19-20)11-4-6-14(18)7-5-11/h1-10H. The Balaban J connectivity index is 2.10. The summed E-state index contributed by atoms with van der Waals surface area (Å²) in [7, 11) is 0. The Morgan fingerprint density at radius 2 is 1.90 bits per heavy atom. The molecule has 0 N–H and O–H groups in total. The van der Waals surface area contributed by atoms with Crippen LogP contribution in [0.3, 0.4) is 0 Å². The predicted molar refractivity (Wildman–Crippen MR) is 87.1 cm³/mol. The minimum absolute atomic E-state index is 0.539. The van der Waals surface area contributed by atoms with Gasteiger partial charge in [-0.15, -0.1) is 0 Å². The fraction of sp³-hybridized carbons (Fsp3) is 0. The normalized spacial score (nSPS) is 10.6. The van der Waals surface area contributed by atoms with Crippen LogP contribution in [-0.2, 0) is 0 Å². The highest BCUT2D eigenvalue weighted by atomic mass is 79.9. The van der Waals surface area contributed by atoms with E-state index in [-0.39, 0.29) is 0 Å². The van der Waals surface area contributed by atoms with Crippen LogP contribution in [0.5, 0.6) is 0 Å². The Kier molecular flexibility index (Phi) is 3.90. The Hall–Kier alpha value is -1.91. The van der Waals surface area contributed by atoms with Gasteiger partial charge in [0.1, 0.15) is 5.69 Å². The van der Waals surface area contributed by atoms with Crippen LogP contribution >= 0.6 is 27.5 Å². The third-order valence-corrected chi connectivity index (χ3v) is 3.81. The fourth-order valence-electron chi connectivity index (χ4n) is 2.06. The third kappa shape index (κ3) is 2.91. The summed E-state index contributed by atoms with van der Waals surface area (Å²) in [4.78, 5) is 11.3. The number of aromatic nitrogens is 2. The lowest BCUT2D eigenvalue weighted by atomic mass is 10.1. The zero-order valence-corrected chi connectivity index (χ0v) is 13.2. The predicted octanol–water partition coefficient (Wildman–Crippen LogP) is 4.77. The van der Waals surface area contributed by atoms with Gasteiger partial charge in [-0.2, -0.15) is 5.10 Å². The first-order chi connectivity index (χ1) is 10.2. The van der Waals surface area contributed by atoms with Crippen molar-refractivity contribution in [3.05, 3.63) is 69.8 Å². The number of hydrogen-bond donors (Lipinski definition) is 0. The zero-order valence-electron chi connectivity index (χ0n) is 10.8. The maximum absolute atomic E-state index is 11.3. The molecule has 0 unspecified atom stereocenters. The van der Waals surface area contributed by atoms with Gasteiger partial charge in [0.2, 0.25) is 0 Å². The van der Waals surface area contributed by atoms with E-state index < -0.39 is 0 Å². The summed E-state index contributed by atoms with van der Waals surface area (Å²) in [5, 5.41) is 5.16. The lowest BCUT2D eigenvalue weighted by molar-refractivity contribution is 0.112. The Morgan fingerprint density at radius 3 is 2.57 bits per heavy atom. The number of halogens is 2. The van der Waals surface area contributed by atoms with Gasteiger partial charge in [-0.05, 0) is 30.3 Å². The van der Waals surface area contributed by atoms with Crippen LogP contribution in [0.15, 0.2) is 59.2 Å². The third-order valence-electron chi connectivity index (χ3n) is 3.06. The molecule has 0 atom stereocenters. The van der Waals surface area contributed by atoms with Gasteiger partial charge in [-0.1, -0.05) is 45.7 Å². The highest BCUT2D eigenvalue weighted by Crippen LogP contribution is 2.24. The minimum atomic E-state index is 0.539. The maximum atomic E-state index is 11.3. The molecule has 0 aliphatic carbocycles. The summed E-state index contributed by atoms with van der Waals surface area (Å²) >= 11 is 9.32. The summed E-state index contributed by atoms with van der Waals surface area (Å²) in [6.07, 6.45) is 2.53. The topological polar surface area (TPSA) is 34.9 Å². The summed E-state index contributed by atoms with van der Waals surface area (Å²) in [5.41, 5.74) is 2.92. The second-order valence-corrected chi connectivity index (χ2v) is 5.83. The molecule has 0 aliphatic heterocycles. The molecular weight excluding hydrogens is 352 g/mol. The lowest BCUT2D eigenvalue weighted by Crippen LogP contribution is -1.94. The first-order valence-corrected chi connectivity index (χ1v) is 7.41. The molecule has 1 aromatic heterocycles. The molecule has 3 aromatic rings. The SMILES string of the molecule is O=Cc1cn(-c2cccc(Br)c2)nc1-c1ccc(Cl)cc1. The van der Waals surface area contributed by atoms with Gasteiger partial charge in [-0.25, -0.2) is 4.68 Å². The van der Waals surface area contributed by atoms with E-state index in [4.69, 9.17) is 11.6 Å². The van der Waals surface area contributed by atoms with Crippen molar-refractivity contribution in [1.82, 2.24) is 9.78 Å². The van der Waals surface area contributed by atoms with E-state index in [1.165, 1.54) is 0 Å². The van der Waals surface area contributed by atoms with E-state index in [2.05, 4.69) is 21.0 Å². The molecule has 3 nitrogen and oxygen atoms in total. The highest BCUT2D eigenvalue weighted by Gasteiger charge is 2.11. The molecule has 2 aromatic carbocycles. The Bertz CT molecular complexity index is 796. The van der Waals surface area contributed by atoms with Crippen LogP contribution in [0.4, 0.5) is 0 Å². The second kappa shape index (κ2) is 5.84. The van der Waals surface area contributed by atoms with Crippen molar-refractivity contribution >= 4 is 33.8 Å². The average molecular weight is 362 g/mol. The van der Waals surface area contributed by atoms with E-state index >= 15 is 0 Å². The van der Waals surface area contributed by atoms with Crippen LogP contribution in [0.1, 0.15) is 10.4 Å². The molecule has 0 amide bonds. The number of hydrogen-bond acceptors (Lipinski definition) is 2. The summed E-state index contributed by atoms with van der Waals surface area (Å²) in [6, 6.07) is 15.0. The molecule has 21 heavy (non-hydrogen) atoms. The summed E-state index contributed by atoms with van der Waals surface area (Å²) in [5.74, 6) is 0. The fourth-order valence-corrected chi connectivity index (χ4v) is 2.57. The quantitative estimate of drug-likeness (QED) is 0.630. The van der Waals surface area contributed by atoms with Gasteiger partial charge in [0.25, 0.3) is 0 Å². The molecule has 0 saturated heterocycles. The van der Waals surface area contributed by atoms with Gasteiger partial charge >= 0.3 is 0 Å². The van der Waals surface area contributed by atoms with E-state index in [1.54, 1.807) is 23.0 Å². The van der Waals surface area contributed by atoms with Gasteiger partial charge < -0.3 is 0 Å². The van der Waals surface area contributed by atoms with Crippen LogP contribution in [-0.4, -0.2) is 16.1 Å². The second-order valence-electron chi connectivity index (χ2n) is 4.48. The number of rotatable bonds is 3. The van der Waals surface area contributed by atoms with E-state index in [9.17, 15) is 4.79 Å². The van der Waals surface area contributed by atoms with E-state index in [0.717, 1.165) is 22.0 Å². The first kappa shape index (κ1) is 14.0. The summed E-state index contributed by atoms with van der Waals surface area (Å²) in [6.45, 7) is 0. The van der Waals surface area contributed by atoms with Crippen LogP contribution in [0.25, 0.3) is 16.9 Å². The monoisotopic (exact) mass is 360 g/mol. The maximum Gasteiger partial charge on any atom is 0.153 e. The van der Waals surface area contributed by atoms with Crippen molar-refractivity contribution in [1.29, 1.82) is 0 Å². The Morgan fingerprint density at radius 1 is 1.14 bits per heavy atom. The lowest BCUT2D eigenvalue weighted by Gasteiger charge is -2.01.